The van der Waals surface area contributed by atoms with Gasteiger partial charge >= 0.3 is 6.85 Å². The SMILES string of the molecule is CCCCc1ccc(N(c2ccccc2)c2ccc3c(c2)-c2cc4ccccc4c4c2B(c2cc5c(cc2N4c2ccc(CCCC)cc2-c2ccccc2)Sc2ccccc2S5)N3c2ccccc2-c2ccccc2)cc1. The molecule has 14 rings (SSSR count). The molecule has 3 aliphatic rings. The largest absolute Gasteiger partial charge is 0.376 e. The third-order valence-corrected chi connectivity index (χ3v) is 18.5. The summed E-state index contributed by atoms with van der Waals surface area (Å²) in [4.78, 5) is 13.0. The Labute approximate surface area is 468 Å². The lowest BCUT2D eigenvalue weighted by molar-refractivity contribution is 0.795. The van der Waals surface area contributed by atoms with Crippen LogP contribution >= 0.6 is 23.5 Å². The van der Waals surface area contributed by atoms with Crippen LogP contribution in [-0.4, -0.2) is 6.85 Å². The predicted octanol–water partition coefficient (Wildman–Crippen LogP) is 19.7. The van der Waals surface area contributed by atoms with Crippen molar-refractivity contribution >= 4 is 97.6 Å². The predicted molar refractivity (Wildman–Crippen MR) is 335 cm³/mol. The van der Waals surface area contributed by atoms with E-state index in [0.717, 1.165) is 42.7 Å². The lowest BCUT2D eigenvalue weighted by atomic mass is 9.43. The quantitative estimate of drug-likeness (QED) is 0.106. The van der Waals surface area contributed by atoms with E-state index in [2.05, 4.69) is 271 Å². The minimum absolute atomic E-state index is 0.202. The first kappa shape index (κ1) is 48.2. The molecule has 0 aromatic heterocycles. The zero-order chi connectivity index (χ0) is 52.1. The van der Waals surface area contributed by atoms with Gasteiger partial charge in [-0.3, -0.25) is 0 Å². The van der Waals surface area contributed by atoms with Crippen LogP contribution < -0.4 is 25.5 Å². The van der Waals surface area contributed by atoms with Crippen molar-refractivity contribution in [2.45, 2.75) is 72.0 Å². The van der Waals surface area contributed by atoms with Gasteiger partial charge in [0, 0.05) is 75.8 Å². The zero-order valence-corrected chi connectivity index (χ0v) is 45.7. The van der Waals surface area contributed by atoms with Crippen molar-refractivity contribution < 1.29 is 0 Å². The summed E-state index contributed by atoms with van der Waals surface area (Å²) in [5.41, 5.74) is 22.0. The zero-order valence-electron chi connectivity index (χ0n) is 44.1. The standard InChI is InChI=1S/C72H58BN3S2/c1-3-5-22-49-36-39-55(40-37-49)74(54-29-14-9-15-30-54)56-41-43-65-60(46-56)61-45-53-28-16-17-32-58(53)72-71(61)73(76(65)64-33-19-18-31-57(64)51-24-10-7-11-25-51)62-47-69-70(78-68-35-21-20-34-67(68)77-69)48-66(62)75(72)63-42-38-50(23-6-4-2)44-59(63)52-26-12-8-13-27-52/h7-21,24-48H,3-6,22-23H2,1-2H3. The van der Waals surface area contributed by atoms with E-state index < -0.39 is 0 Å². The number of anilines is 8. The van der Waals surface area contributed by atoms with Crippen molar-refractivity contribution in [1.29, 1.82) is 0 Å². The number of hydrogen-bond acceptors (Lipinski definition) is 5. The van der Waals surface area contributed by atoms with Crippen LogP contribution in [0, 0.1) is 0 Å². The summed E-state index contributed by atoms with van der Waals surface area (Å²) >= 11 is 3.81. The number of benzene rings is 11. The van der Waals surface area contributed by atoms with E-state index in [4.69, 9.17) is 0 Å². The summed E-state index contributed by atoms with van der Waals surface area (Å²) < 4.78 is 0. The molecule has 3 nitrogen and oxygen atoms in total. The van der Waals surface area contributed by atoms with Crippen molar-refractivity contribution in [2.24, 2.45) is 0 Å². The molecule has 0 saturated heterocycles. The smallest absolute Gasteiger partial charge is 0.333 e. The second kappa shape index (κ2) is 20.7. The lowest BCUT2D eigenvalue weighted by Gasteiger charge is -2.47. The molecule has 0 fully saturated rings. The third-order valence-electron chi connectivity index (χ3n) is 16.0. The molecule has 3 aliphatic heterocycles. The van der Waals surface area contributed by atoms with Gasteiger partial charge in [0.2, 0.25) is 0 Å². The molecule has 11 aromatic rings. The Morgan fingerprint density at radius 2 is 0.962 bits per heavy atom. The number of unbranched alkanes of at least 4 members (excludes halogenated alkanes) is 2. The van der Waals surface area contributed by atoms with Gasteiger partial charge in [0.05, 0.1) is 11.4 Å². The monoisotopic (exact) mass is 1040 g/mol. The molecule has 0 saturated carbocycles. The molecule has 11 aromatic carbocycles. The molecule has 3 heterocycles. The number of rotatable bonds is 13. The van der Waals surface area contributed by atoms with Gasteiger partial charge in [0.1, 0.15) is 0 Å². The minimum Gasteiger partial charge on any atom is -0.376 e. The van der Waals surface area contributed by atoms with Gasteiger partial charge in [0.25, 0.3) is 0 Å². The summed E-state index contributed by atoms with van der Waals surface area (Å²) in [6, 6.07) is 91.6. The van der Waals surface area contributed by atoms with E-state index in [1.165, 1.54) is 127 Å². The van der Waals surface area contributed by atoms with E-state index in [0.29, 0.717) is 0 Å². The first-order valence-corrected chi connectivity index (χ1v) is 29.4. The van der Waals surface area contributed by atoms with Crippen molar-refractivity contribution in [3.8, 4) is 33.4 Å². The molecule has 0 unspecified atom stereocenters. The molecule has 0 aliphatic carbocycles. The van der Waals surface area contributed by atoms with Crippen LogP contribution in [0.5, 0.6) is 0 Å². The van der Waals surface area contributed by atoms with Crippen LogP contribution in [0.3, 0.4) is 0 Å². The number of aryl methyl sites for hydroxylation is 2. The van der Waals surface area contributed by atoms with E-state index in [1.54, 1.807) is 0 Å². The fourth-order valence-corrected chi connectivity index (χ4v) is 14.6. The molecule has 0 spiro atoms. The third kappa shape index (κ3) is 8.50. The maximum atomic E-state index is 2.71. The second-order valence-electron chi connectivity index (χ2n) is 20.9. The van der Waals surface area contributed by atoms with Crippen LogP contribution in [0.1, 0.15) is 50.7 Å². The van der Waals surface area contributed by atoms with Crippen molar-refractivity contribution in [2.75, 3.05) is 14.6 Å². The van der Waals surface area contributed by atoms with Gasteiger partial charge in [-0.15, -0.1) is 0 Å². The number of nitrogens with zero attached hydrogens (tertiary/aromatic N) is 3. The Morgan fingerprint density at radius 3 is 1.69 bits per heavy atom. The molecule has 0 N–H and O–H groups in total. The van der Waals surface area contributed by atoms with Gasteiger partial charge in [-0.25, -0.2) is 0 Å². The molecule has 0 radical (unpaired) electrons. The van der Waals surface area contributed by atoms with Gasteiger partial charge in [-0.2, -0.15) is 0 Å². The highest BCUT2D eigenvalue weighted by Crippen LogP contribution is 2.56. The second-order valence-corrected chi connectivity index (χ2v) is 23.0. The van der Waals surface area contributed by atoms with E-state index >= 15 is 0 Å². The van der Waals surface area contributed by atoms with Crippen LogP contribution in [0.25, 0.3) is 44.2 Å². The maximum absolute atomic E-state index is 2.71. The first-order chi connectivity index (χ1) is 38.6. The van der Waals surface area contributed by atoms with Crippen LogP contribution in [-0.2, 0) is 12.8 Å². The molecule has 6 heteroatoms. The molecular formula is C72H58BN3S2. The number of fused-ring (bicyclic) bond motifs is 8. The highest BCUT2D eigenvalue weighted by Gasteiger charge is 2.47. The van der Waals surface area contributed by atoms with Gasteiger partial charge in [0.15, 0.2) is 0 Å². The average Bonchev–Trinajstić information content (AvgIpc) is 2.95. The molecular weight excluding hydrogens is 982 g/mol. The molecule has 0 atom stereocenters. The van der Waals surface area contributed by atoms with Crippen molar-refractivity contribution in [3.63, 3.8) is 0 Å². The molecule has 0 bridgehead atoms. The Morgan fingerprint density at radius 1 is 0.397 bits per heavy atom. The lowest BCUT2D eigenvalue weighted by Crippen LogP contribution is -2.61. The van der Waals surface area contributed by atoms with E-state index in [9.17, 15) is 0 Å². The fourth-order valence-electron chi connectivity index (χ4n) is 12.3. The Hall–Kier alpha value is -8.16. The maximum Gasteiger partial charge on any atom is 0.333 e. The van der Waals surface area contributed by atoms with Crippen molar-refractivity contribution in [1.82, 2.24) is 0 Å². The van der Waals surface area contributed by atoms with E-state index in [1.807, 2.05) is 23.5 Å². The van der Waals surface area contributed by atoms with Crippen LogP contribution in [0.15, 0.2) is 262 Å². The summed E-state index contributed by atoms with van der Waals surface area (Å²) in [6.45, 7) is 4.36. The summed E-state index contributed by atoms with van der Waals surface area (Å²) in [5, 5.41) is 2.45. The summed E-state index contributed by atoms with van der Waals surface area (Å²) in [5.74, 6) is 0. The van der Waals surface area contributed by atoms with Gasteiger partial charge in [-0.1, -0.05) is 202 Å². The first-order valence-electron chi connectivity index (χ1n) is 27.8. The Bertz CT molecular complexity index is 4030. The average molecular weight is 1040 g/mol. The van der Waals surface area contributed by atoms with Crippen LogP contribution in [0.4, 0.5) is 45.5 Å². The summed E-state index contributed by atoms with van der Waals surface area (Å²) in [6.07, 6.45) is 6.78. The fraction of sp³-hybridized carbons (Fsp3) is 0.111. The molecule has 78 heavy (non-hydrogen) atoms. The Balaban J connectivity index is 1.09. The number of hydrogen-bond donors (Lipinski definition) is 0. The van der Waals surface area contributed by atoms with Crippen LogP contribution in [0.2, 0.25) is 0 Å². The van der Waals surface area contributed by atoms with Crippen molar-refractivity contribution in [3.05, 3.63) is 254 Å². The van der Waals surface area contributed by atoms with E-state index in [-0.39, 0.29) is 6.85 Å². The van der Waals surface area contributed by atoms with Gasteiger partial charge in [-0.05, 0) is 161 Å². The molecule has 0 amide bonds. The normalized spacial score (nSPS) is 12.9. The highest BCUT2D eigenvalue weighted by molar-refractivity contribution is 8.05. The topological polar surface area (TPSA) is 9.72 Å². The Kier molecular flexibility index (Phi) is 12.8. The summed E-state index contributed by atoms with van der Waals surface area (Å²) in [7, 11) is 0. The highest BCUT2D eigenvalue weighted by atomic mass is 32.2. The molecule has 376 valence electrons. The van der Waals surface area contributed by atoms with Gasteiger partial charge < -0.3 is 14.6 Å². The number of para-hydroxylation sites is 2. The minimum atomic E-state index is -0.202.